The first kappa shape index (κ1) is 15.5. The summed E-state index contributed by atoms with van der Waals surface area (Å²) in [7, 11) is 0. The topological polar surface area (TPSA) is 15.3 Å². The minimum atomic E-state index is 0.690. The molecule has 0 spiro atoms. The van der Waals surface area contributed by atoms with Crippen LogP contribution in [0.25, 0.3) is 0 Å². The lowest BCUT2D eigenvalue weighted by molar-refractivity contribution is 0.226. The highest BCUT2D eigenvalue weighted by molar-refractivity contribution is 5.37. The fourth-order valence-electron chi connectivity index (χ4n) is 3.38. The van der Waals surface area contributed by atoms with Crippen LogP contribution in [-0.4, -0.2) is 30.6 Å². The zero-order valence-corrected chi connectivity index (χ0v) is 13.6. The Kier molecular flexibility index (Phi) is 5.62. The Bertz CT molecular complexity index is 410. The molecule has 1 aromatic rings. The van der Waals surface area contributed by atoms with E-state index in [1.54, 1.807) is 0 Å². The first-order valence-electron chi connectivity index (χ1n) is 8.12. The van der Waals surface area contributed by atoms with Gasteiger partial charge in [0.05, 0.1) is 0 Å². The molecule has 1 aromatic carbocycles. The molecule has 0 amide bonds. The van der Waals surface area contributed by atoms with Crippen molar-refractivity contribution in [3.63, 3.8) is 0 Å². The summed E-state index contributed by atoms with van der Waals surface area (Å²) in [6, 6.07) is 5.32. The molecular formula is C18H30N2. The molecule has 1 unspecified atom stereocenters. The predicted octanol–water partition coefficient (Wildman–Crippen LogP) is 3.58. The summed E-state index contributed by atoms with van der Waals surface area (Å²) < 4.78 is 0. The molecule has 0 bridgehead atoms. The number of benzene rings is 1. The third-order valence-electron chi connectivity index (χ3n) is 4.56. The second-order valence-electron chi connectivity index (χ2n) is 6.35. The molecule has 1 saturated heterocycles. The zero-order valence-electron chi connectivity index (χ0n) is 13.6. The average molecular weight is 274 g/mol. The van der Waals surface area contributed by atoms with Gasteiger partial charge in [-0.2, -0.15) is 0 Å². The molecule has 112 valence electrons. The smallest absolute Gasteiger partial charge is 0.0239 e. The number of hydrogen-bond donors (Lipinski definition) is 1. The molecule has 20 heavy (non-hydrogen) atoms. The summed E-state index contributed by atoms with van der Waals surface area (Å²) in [6.07, 6.45) is 4.07. The summed E-state index contributed by atoms with van der Waals surface area (Å²) in [5.41, 5.74) is 5.78. The third-order valence-corrected chi connectivity index (χ3v) is 4.56. The van der Waals surface area contributed by atoms with E-state index in [1.807, 2.05) is 0 Å². The van der Waals surface area contributed by atoms with Crippen molar-refractivity contribution in [2.45, 2.75) is 59.5 Å². The van der Waals surface area contributed by atoms with Gasteiger partial charge < -0.3 is 5.32 Å². The molecule has 0 aliphatic carbocycles. The Labute approximate surface area is 124 Å². The maximum Gasteiger partial charge on any atom is 0.0239 e. The van der Waals surface area contributed by atoms with Crippen molar-refractivity contribution in [3.8, 4) is 0 Å². The highest BCUT2D eigenvalue weighted by Gasteiger charge is 2.17. The van der Waals surface area contributed by atoms with Gasteiger partial charge in [-0.25, -0.2) is 0 Å². The van der Waals surface area contributed by atoms with Crippen LogP contribution in [0.4, 0.5) is 0 Å². The molecule has 0 radical (unpaired) electrons. The predicted molar refractivity (Wildman–Crippen MR) is 87.2 cm³/mol. The van der Waals surface area contributed by atoms with Crippen LogP contribution in [0.5, 0.6) is 0 Å². The quantitative estimate of drug-likeness (QED) is 0.883. The van der Waals surface area contributed by atoms with E-state index in [0.717, 1.165) is 13.1 Å². The Hall–Kier alpha value is -0.860. The van der Waals surface area contributed by atoms with Crippen molar-refractivity contribution in [2.75, 3.05) is 19.6 Å². The van der Waals surface area contributed by atoms with E-state index >= 15 is 0 Å². The van der Waals surface area contributed by atoms with Crippen molar-refractivity contribution < 1.29 is 0 Å². The van der Waals surface area contributed by atoms with Crippen molar-refractivity contribution in [3.05, 3.63) is 34.4 Å². The van der Waals surface area contributed by atoms with Crippen LogP contribution in [0.15, 0.2) is 12.1 Å². The molecule has 1 aliphatic heterocycles. The third kappa shape index (κ3) is 4.07. The summed E-state index contributed by atoms with van der Waals surface area (Å²) in [5, 5.41) is 3.67. The largest absolute Gasteiger partial charge is 0.313 e. The molecule has 1 fully saturated rings. The van der Waals surface area contributed by atoms with Gasteiger partial charge in [-0.1, -0.05) is 31.0 Å². The number of piperidine rings is 1. The van der Waals surface area contributed by atoms with Crippen molar-refractivity contribution >= 4 is 0 Å². The van der Waals surface area contributed by atoms with Gasteiger partial charge in [0.2, 0.25) is 0 Å². The first-order chi connectivity index (χ1) is 9.60. The molecule has 2 heteroatoms. The van der Waals surface area contributed by atoms with Crippen LogP contribution < -0.4 is 5.32 Å². The lowest BCUT2D eigenvalue weighted by Gasteiger charge is -2.30. The van der Waals surface area contributed by atoms with Crippen molar-refractivity contribution in [2.24, 2.45) is 0 Å². The maximum atomic E-state index is 3.67. The molecule has 1 atom stereocenters. The fraction of sp³-hybridized carbons (Fsp3) is 0.667. The molecule has 1 N–H and O–H groups in total. The molecular weight excluding hydrogens is 244 g/mol. The molecule has 0 saturated carbocycles. The molecule has 2 rings (SSSR count). The highest BCUT2D eigenvalue weighted by Crippen LogP contribution is 2.19. The first-order valence-corrected chi connectivity index (χ1v) is 8.12. The Morgan fingerprint density at radius 1 is 1.15 bits per heavy atom. The minimum Gasteiger partial charge on any atom is -0.313 e. The van der Waals surface area contributed by atoms with Gasteiger partial charge in [0, 0.05) is 19.1 Å². The van der Waals surface area contributed by atoms with Gasteiger partial charge in [-0.15, -0.1) is 0 Å². The van der Waals surface area contributed by atoms with Crippen LogP contribution in [0.3, 0.4) is 0 Å². The van der Waals surface area contributed by atoms with Gasteiger partial charge in [-0.3, -0.25) is 4.90 Å². The zero-order chi connectivity index (χ0) is 14.5. The Balaban J connectivity index is 2.02. The van der Waals surface area contributed by atoms with Gasteiger partial charge in [0.15, 0.2) is 0 Å². The lowest BCUT2D eigenvalue weighted by atomic mass is 9.98. The van der Waals surface area contributed by atoms with Gasteiger partial charge in [0.1, 0.15) is 0 Å². The summed E-state index contributed by atoms with van der Waals surface area (Å²) >= 11 is 0. The second kappa shape index (κ2) is 7.24. The van der Waals surface area contributed by atoms with Crippen LogP contribution in [0.2, 0.25) is 0 Å². The number of rotatable bonds is 5. The number of nitrogens with zero attached hydrogens (tertiary/aromatic N) is 1. The normalized spacial score (nSPS) is 19.6. The Morgan fingerprint density at radius 3 is 2.40 bits per heavy atom. The minimum absolute atomic E-state index is 0.690. The van der Waals surface area contributed by atoms with Gasteiger partial charge >= 0.3 is 0 Å². The number of aryl methyl sites for hydroxylation is 3. The average Bonchev–Trinajstić information content (AvgIpc) is 2.42. The van der Waals surface area contributed by atoms with E-state index in [4.69, 9.17) is 0 Å². The van der Waals surface area contributed by atoms with E-state index in [0.29, 0.717) is 6.04 Å². The molecule has 2 nitrogen and oxygen atoms in total. The van der Waals surface area contributed by atoms with E-state index in [-0.39, 0.29) is 0 Å². The van der Waals surface area contributed by atoms with Crippen molar-refractivity contribution in [1.29, 1.82) is 0 Å². The summed E-state index contributed by atoms with van der Waals surface area (Å²) in [4.78, 5) is 2.59. The molecule has 1 heterocycles. The number of nitrogens with one attached hydrogen (secondary N) is 1. The molecule has 0 aromatic heterocycles. The summed E-state index contributed by atoms with van der Waals surface area (Å²) in [5.74, 6) is 0. The second-order valence-corrected chi connectivity index (χ2v) is 6.35. The Morgan fingerprint density at radius 2 is 1.85 bits per heavy atom. The van der Waals surface area contributed by atoms with Gasteiger partial charge in [0.25, 0.3) is 0 Å². The van der Waals surface area contributed by atoms with E-state index in [1.165, 1.54) is 54.6 Å². The van der Waals surface area contributed by atoms with E-state index in [9.17, 15) is 0 Å². The van der Waals surface area contributed by atoms with Crippen LogP contribution in [-0.2, 0) is 6.54 Å². The van der Waals surface area contributed by atoms with Crippen molar-refractivity contribution in [1.82, 2.24) is 10.2 Å². The summed E-state index contributed by atoms with van der Waals surface area (Å²) in [6.45, 7) is 13.6. The monoisotopic (exact) mass is 274 g/mol. The van der Waals surface area contributed by atoms with Gasteiger partial charge in [-0.05, 0) is 63.4 Å². The number of likely N-dealkylation sites (N-methyl/N-ethyl adjacent to an activating group) is 1. The number of hydrogen-bond acceptors (Lipinski definition) is 2. The fourth-order valence-corrected chi connectivity index (χ4v) is 3.38. The standard InChI is InChI=1S/C18H30N2/c1-5-20(12-17-8-6-7-9-19-17)13-18-15(3)10-14(2)11-16(18)4/h10-11,17,19H,5-9,12-13H2,1-4H3. The lowest BCUT2D eigenvalue weighted by Crippen LogP contribution is -2.43. The maximum absolute atomic E-state index is 3.67. The SMILES string of the molecule is CCN(Cc1c(C)cc(C)cc1C)CC1CCCCN1. The molecule has 1 aliphatic rings. The van der Waals surface area contributed by atoms with Crippen LogP contribution in [0.1, 0.15) is 48.4 Å². The van der Waals surface area contributed by atoms with E-state index in [2.05, 4.69) is 50.0 Å². The van der Waals surface area contributed by atoms with Crippen LogP contribution >= 0.6 is 0 Å². The highest BCUT2D eigenvalue weighted by atomic mass is 15.1. The van der Waals surface area contributed by atoms with Crippen LogP contribution in [0, 0.1) is 20.8 Å². The van der Waals surface area contributed by atoms with E-state index < -0.39 is 0 Å².